The van der Waals surface area contributed by atoms with Crippen LogP contribution in [0.4, 0.5) is 5.69 Å². The van der Waals surface area contributed by atoms with Gasteiger partial charge in [0.25, 0.3) is 0 Å². The van der Waals surface area contributed by atoms with Crippen molar-refractivity contribution in [2.24, 2.45) is 5.73 Å². The summed E-state index contributed by atoms with van der Waals surface area (Å²) in [6.45, 7) is 2.85. The van der Waals surface area contributed by atoms with E-state index < -0.39 is 20.5 Å². The number of rotatable bonds is 3. The predicted octanol–water partition coefficient (Wildman–Crippen LogP) is 1.41. The molecule has 0 aromatic heterocycles. The molecule has 1 aromatic carbocycles. The van der Waals surface area contributed by atoms with E-state index >= 15 is 0 Å². The van der Waals surface area contributed by atoms with Crippen molar-refractivity contribution in [3.8, 4) is 11.8 Å². The lowest BCUT2D eigenvalue weighted by Gasteiger charge is -2.22. The average Bonchev–Trinajstić information content (AvgIpc) is 2.36. The van der Waals surface area contributed by atoms with Gasteiger partial charge in [-0.2, -0.15) is 0 Å². The monoisotopic (exact) mass is 328 g/mol. The fraction of sp³-hybridized carbons (Fsp3) is 0.357. The average molecular weight is 329 g/mol. The number of benzene rings is 1. The number of sulfone groups is 1. The van der Waals surface area contributed by atoms with Crippen LogP contribution in [0.25, 0.3) is 0 Å². The Morgan fingerprint density at radius 3 is 2.57 bits per heavy atom. The van der Waals surface area contributed by atoms with Gasteiger partial charge in [0.1, 0.15) is 4.75 Å². The van der Waals surface area contributed by atoms with E-state index in [-0.39, 0.29) is 6.54 Å². The van der Waals surface area contributed by atoms with Crippen molar-refractivity contribution in [1.29, 1.82) is 0 Å². The van der Waals surface area contributed by atoms with Gasteiger partial charge in [-0.05, 0) is 32.0 Å². The molecule has 0 aliphatic heterocycles. The number of hydrogen-bond acceptors (Lipinski definition) is 4. The van der Waals surface area contributed by atoms with Crippen LogP contribution in [-0.4, -0.2) is 31.9 Å². The van der Waals surface area contributed by atoms with Gasteiger partial charge in [-0.15, -0.1) is 0 Å². The normalized spacial score (nSPS) is 11.5. The fourth-order valence-electron chi connectivity index (χ4n) is 1.32. The molecule has 0 spiro atoms. The van der Waals surface area contributed by atoms with Gasteiger partial charge < -0.3 is 11.1 Å². The molecule has 0 bridgehead atoms. The Balaban J connectivity index is 3.19. The third-order valence-electron chi connectivity index (χ3n) is 3.03. The third-order valence-corrected chi connectivity index (χ3v) is 5.30. The molecule has 7 heteroatoms. The molecule has 1 aromatic rings. The van der Waals surface area contributed by atoms with E-state index in [1.807, 2.05) is 0 Å². The summed E-state index contributed by atoms with van der Waals surface area (Å²) in [5.74, 6) is 4.82. The molecule has 0 fully saturated rings. The van der Waals surface area contributed by atoms with Crippen molar-refractivity contribution in [3.05, 3.63) is 28.8 Å². The number of anilines is 1. The number of nitrogens with one attached hydrogen (secondary N) is 1. The summed E-state index contributed by atoms with van der Waals surface area (Å²) >= 11 is 5.90. The molecule has 0 radical (unpaired) electrons. The molecule has 1 amide bonds. The van der Waals surface area contributed by atoms with Crippen LogP contribution < -0.4 is 11.1 Å². The summed E-state index contributed by atoms with van der Waals surface area (Å²) in [5.41, 5.74) is 6.19. The first kappa shape index (κ1) is 17.5. The molecule has 0 saturated heterocycles. The second-order valence-electron chi connectivity index (χ2n) is 4.93. The van der Waals surface area contributed by atoms with Gasteiger partial charge in [0.15, 0.2) is 9.84 Å². The summed E-state index contributed by atoms with van der Waals surface area (Å²) in [4.78, 5) is 12.2. The van der Waals surface area contributed by atoms with E-state index in [4.69, 9.17) is 17.3 Å². The molecule has 3 N–H and O–H groups in total. The zero-order valence-corrected chi connectivity index (χ0v) is 13.6. The lowest BCUT2D eigenvalue weighted by atomic mass is 10.1. The van der Waals surface area contributed by atoms with Crippen LogP contribution >= 0.6 is 11.6 Å². The van der Waals surface area contributed by atoms with Gasteiger partial charge in [-0.25, -0.2) is 8.42 Å². The van der Waals surface area contributed by atoms with E-state index in [1.54, 1.807) is 12.1 Å². The summed E-state index contributed by atoms with van der Waals surface area (Å²) in [6, 6.07) is 4.77. The van der Waals surface area contributed by atoms with Gasteiger partial charge in [0.2, 0.25) is 5.91 Å². The zero-order chi connectivity index (χ0) is 16.3. The first-order chi connectivity index (χ1) is 9.59. The van der Waals surface area contributed by atoms with Gasteiger partial charge in [0.05, 0.1) is 12.2 Å². The Morgan fingerprint density at radius 1 is 1.43 bits per heavy atom. The van der Waals surface area contributed by atoms with Crippen LogP contribution in [0.3, 0.4) is 0 Å². The maximum absolute atomic E-state index is 12.2. The van der Waals surface area contributed by atoms with Crippen LogP contribution in [0.5, 0.6) is 0 Å². The highest BCUT2D eigenvalue weighted by atomic mass is 35.5. The Labute approximate surface area is 129 Å². The van der Waals surface area contributed by atoms with Gasteiger partial charge in [-0.1, -0.05) is 23.4 Å². The molecule has 0 atom stereocenters. The minimum atomic E-state index is -3.56. The number of nitrogens with two attached hydrogens (primary N) is 1. The quantitative estimate of drug-likeness (QED) is 0.821. The maximum atomic E-state index is 12.2. The molecule has 21 heavy (non-hydrogen) atoms. The highest BCUT2D eigenvalue weighted by molar-refractivity contribution is 7.92. The largest absolute Gasteiger partial charge is 0.324 e. The predicted molar refractivity (Wildman–Crippen MR) is 84.9 cm³/mol. The van der Waals surface area contributed by atoms with E-state index in [0.717, 1.165) is 6.26 Å². The first-order valence-corrected chi connectivity index (χ1v) is 8.36. The fourth-order valence-corrected chi connectivity index (χ4v) is 1.88. The highest BCUT2D eigenvalue weighted by Crippen LogP contribution is 2.23. The van der Waals surface area contributed by atoms with Gasteiger partial charge in [0, 0.05) is 16.8 Å². The van der Waals surface area contributed by atoms with Crippen LogP contribution in [0, 0.1) is 11.8 Å². The molecule has 0 unspecified atom stereocenters. The summed E-state index contributed by atoms with van der Waals surface area (Å²) in [7, 11) is -3.56. The summed E-state index contributed by atoms with van der Waals surface area (Å²) in [6.07, 6.45) is 1.01. The standard InChI is InChI=1S/C14H17ClN2O3S/c1-14(2,21(3,19)20)13(18)17-12-9-11(15)7-6-10(12)5-4-8-16/h6-7,9H,8,16H2,1-3H3,(H,17,18). The lowest BCUT2D eigenvalue weighted by Crippen LogP contribution is -2.44. The molecule has 0 heterocycles. The van der Waals surface area contributed by atoms with Crippen molar-refractivity contribution < 1.29 is 13.2 Å². The van der Waals surface area contributed by atoms with E-state index in [1.165, 1.54) is 19.9 Å². The topological polar surface area (TPSA) is 89.3 Å². The Bertz CT molecular complexity index is 715. The number of hydrogen-bond donors (Lipinski definition) is 2. The van der Waals surface area contributed by atoms with Crippen molar-refractivity contribution in [2.75, 3.05) is 18.1 Å². The SMILES string of the molecule is CC(C)(C(=O)Nc1cc(Cl)ccc1C#CCN)S(C)(=O)=O. The van der Waals surface area contributed by atoms with Crippen molar-refractivity contribution in [1.82, 2.24) is 0 Å². The first-order valence-electron chi connectivity index (χ1n) is 6.09. The number of amides is 1. The Hall–Kier alpha value is -1.55. The van der Waals surface area contributed by atoms with Crippen LogP contribution in [0.2, 0.25) is 5.02 Å². The van der Waals surface area contributed by atoms with Gasteiger partial charge >= 0.3 is 0 Å². The molecular formula is C14H17ClN2O3S. The molecule has 5 nitrogen and oxygen atoms in total. The number of carbonyl (C=O) groups excluding carboxylic acids is 1. The molecular weight excluding hydrogens is 312 g/mol. The minimum Gasteiger partial charge on any atom is -0.324 e. The van der Waals surface area contributed by atoms with Crippen molar-refractivity contribution in [3.63, 3.8) is 0 Å². The second-order valence-corrected chi connectivity index (χ2v) is 7.93. The third kappa shape index (κ3) is 4.21. The van der Waals surface area contributed by atoms with Crippen molar-refractivity contribution >= 4 is 33.0 Å². The summed E-state index contributed by atoms with van der Waals surface area (Å²) < 4.78 is 21.8. The van der Waals surface area contributed by atoms with Crippen LogP contribution in [-0.2, 0) is 14.6 Å². The van der Waals surface area contributed by atoms with Crippen molar-refractivity contribution in [2.45, 2.75) is 18.6 Å². The number of carbonyl (C=O) groups is 1. The van der Waals surface area contributed by atoms with Gasteiger partial charge in [-0.3, -0.25) is 4.79 Å². The number of halogens is 1. The molecule has 0 saturated carbocycles. The maximum Gasteiger partial charge on any atom is 0.245 e. The second kappa shape index (κ2) is 6.48. The van der Waals surface area contributed by atoms with E-state index in [0.29, 0.717) is 16.3 Å². The molecule has 0 aliphatic rings. The minimum absolute atomic E-state index is 0.171. The Morgan fingerprint density at radius 2 is 2.05 bits per heavy atom. The van der Waals surface area contributed by atoms with Crippen LogP contribution in [0.15, 0.2) is 18.2 Å². The molecule has 1 rings (SSSR count). The van der Waals surface area contributed by atoms with E-state index in [9.17, 15) is 13.2 Å². The molecule has 0 aliphatic carbocycles. The molecule has 114 valence electrons. The van der Waals surface area contributed by atoms with E-state index in [2.05, 4.69) is 17.2 Å². The van der Waals surface area contributed by atoms with Crippen LogP contribution in [0.1, 0.15) is 19.4 Å². The smallest absolute Gasteiger partial charge is 0.245 e. The zero-order valence-electron chi connectivity index (χ0n) is 12.0. The summed E-state index contributed by atoms with van der Waals surface area (Å²) in [5, 5.41) is 2.96. The Kier molecular flexibility index (Phi) is 5.40. The highest BCUT2D eigenvalue weighted by Gasteiger charge is 2.38. The lowest BCUT2D eigenvalue weighted by molar-refractivity contribution is -0.117.